The van der Waals surface area contributed by atoms with Crippen molar-refractivity contribution < 1.29 is 19.0 Å². The molecule has 0 aliphatic carbocycles. The Balaban J connectivity index is 1.88. The fourth-order valence-corrected chi connectivity index (χ4v) is 2.51. The summed E-state index contributed by atoms with van der Waals surface area (Å²) in [6, 6.07) is 13.1. The highest BCUT2D eigenvalue weighted by Crippen LogP contribution is 2.28. The molecule has 0 atom stereocenters. The summed E-state index contributed by atoms with van der Waals surface area (Å²) in [5.74, 6) is 2.16. The van der Waals surface area contributed by atoms with Gasteiger partial charge in [0.1, 0.15) is 5.75 Å². The third-order valence-corrected chi connectivity index (χ3v) is 3.68. The van der Waals surface area contributed by atoms with Crippen LogP contribution >= 0.6 is 0 Å². The van der Waals surface area contributed by atoms with Crippen molar-refractivity contribution in [3.8, 4) is 17.2 Å². The van der Waals surface area contributed by atoms with E-state index in [2.05, 4.69) is 5.32 Å². The molecule has 2 aromatic carbocycles. The number of hydrogen-bond acceptors (Lipinski definition) is 4. The lowest BCUT2D eigenvalue weighted by molar-refractivity contribution is -0.116. The second-order valence-corrected chi connectivity index (χ2v) is 6.16. The van der Waals surface area contributed by atoms with Crippen LogP contribution in [0.25, 0.3) is 0 Å². The molecular formula is C21H27NO4. The Morgan fingerprint density at radius 3 is 2.42 bits per heavy atom. The molecule has 0 radical (unpaired) electrons. The summed E-state index contributed by atoms with van der Waals surface area (Å²) in [6.07, 6.45) is 1.14. The van der Waals surface area contributed by atoms with E-state index >= 15 is 0 Å². The van der Waals surface area contributed by atoms with Crippen LogP contribution < -0.4 is 19.5 Å². The van der Waals surface area contributed by atoms with Gasteiger partial charge in [0.15, 0.2) is 11.5 Å². The Morgan fingerprint density at radius 1 is 1.08 bits per heavy atom. The van der Waals surface area contributed by atoms with Crippen LogP contribution in [0.4, 0.5) is 5.69 Å². The average Bonchev–Trinajstić information content (AvgIpc) is 2.62. The first-order chi connectivity index (χ1) is 12.5. The lowest BCUT2D eigenvalue weighted by Gasteiger charge is -2.12. The summed E-state index contributed by atoms with van der Waals surface area (Å²) < 4.78 is 16.4. The van der Waals surface area contributed by atoms with Crippen LogP contribution in [-0.4, -0.2) is 25.7 Å². The molecule has 0 saturated carbocycles. The van der Waals surface area contributed by atoms with Gasteiger partial charge < -0.3 is 19.5 Å². The maximum absolute atomic E-state index is 12.2. The van der Waals surface area contributed by atoms with E-state index in [1.54, 1.807) is 7.11 Å². The number of anilines is 1. The highest BCUT2D eigenvalue weighted by Gasteiger charge is 2.08. The molecule has 0 fully saturated rings. The van der Waals surface area contributed by atoms with Gasteiger partial charge in [-0.15, -0.1) is 0 Å². The number of methoxy groups -OCH3 is 1. The quantitative estimate of drug-likeness (QED) is 0.720. The zero-order chi connectivity index (χ0) is 18.9. The van der Waals surface area contributed by atoms with Gasteiger partial charge in [-0.2, -0.15) is 0 Å². The number of aryl methyl sites for hydroxylation is 1. The SMILES string of the molecule is CCOc1ccc(CCC(=O)Nc2ccc(OC(C)C)cc2)cc1OC. The number of ether oxygens (including phenoxy) is 3. The zero-order valence-electron chi connectivity index (χ0n) is 15.9. The minimum absolute atomic E-state index is 0.0321. The molecule has 0 bridgehead atoms. The lowest BCUT2D eigenvalue weighted by atomic mass is 10.1. The number of nitrogens with one attached hydrogen (secondary N) is 1. The van der Waals surface area contributed by atoms with Crippen LogP contribution in [0.1, 0.15) is 32.8 Å². The normalized spacial score (nSPS) is 10.5. The molecule has 1 N–H and O–H groups in total. The maximum Gasteiger partial charge on any atom is 0.224 e. The van der Waals surface area contributed by atoms with Crippen LogP contribution in [0.5, 0.6) is 17.2 Å². The van der Waals surface area contributed by atoms with Crippen LogP contribution in [-0.2, 0) is 11.2 Å². The van der Waals surface area contributed by atoms with Crippen LogP contribution in [0.15, 0.2) is 42.5 Å². The molecule has 0 aliphatic heterocycles. The summed E-state index contributed by atoms with van der Waals surface area (Å²) >= 11 is 0. The molecular weight excluding hydrogens is 330 g/mol. The van der Waals surface area contributed by atoms with Gasteiger partial charge in [-0.05, 0) is 69.2 Å². The van der Waals surface area contributed by atoms with Gasteiger partial charge in [0.25, 0.3) is 0 Å². The average molecular weight is 357 g/mol. The van der Waals surface area contributed by atoms with Crippen LogP contribution in [0, 0.1) is 0 Å². The predicted molar refractivity (Wildman–Crippen MR) is 103 cm³/mol. The molecule has 1 amide bonds. The maximum atomic E-state index is 12.2. The van der Waals surface area contributed by atoms with E-state index in [9.17, 15) is 4.79 Å². The number of rotatable bonds is 9. The smallest absolute Gasteiger partial charge is 0.224 e. The topological polar surface area (TPSA) is 56.8 Å². The van der Waals surface area contributed by atoms with Crippen molar-refractivity contribution >= 4 is 11.6 Å². The number of carbonyl (C=O) groups excluding carboxylic acids is 1. The van der Waals surface area contributed by atoms with Crippen LogP contribution in [0.2, 0.25) is 0 Å². The van der Waals surface area contributed by atoms with E-state index in [-0.39, 0.29) is 12.0 Å². The van der Waals surface area contributed by atoms with Gasteiger partial charge in [-0.1, -0.05) is 6.07 Å². The number of carbonyl (C=O) groups is 1. The van der Waals surface area contributed by atoms with Crippen molar-refractivity contribution in [2.24, 2.45) is 0 Å². The zero-order valence-corrected chi connectivity index (χ0v) is 15.9. The second-order valence-electron chi connectivity index (χ2n) is 6.16. The van der Waals surface area contributed by atoms with E-state index in [1.807, 2.05) is 63.2 Å². The lowest BCUT2D eigenvalue weighted by Crippen LogP contribution is -2.12. The molecule has 0 spiro atoms. The number of benzene rings is 2. The monoisotopic (exact) mass is 357 g/mol. The van der Waals surface area contributed by atoms with E-state index in [0.717, 1.165) is 17.0 Å². The van der Waals surface area contributed by atoms with Crippen molar-refractivity contribution in [3.63, 3.8) is 0 Å². The fraction of sp³-hybridized carbons (Fsp3) is 0.381. The molecule has 5 heteroatoms. The Labute approximate surface area is 155 Å². The number of hydrogen-bond donors (Lipinski definition) is 1. The minimum atomic E-state index is -0.0321. The predicted octanol–water partition coefficient (Wildman–Crippen LogP) is 4.45. The van der Waals surface area contributed by atoms with E-state index in [0.29, 0.717) is 30.9 Å². The molecule has 0 aromatic heterocycles. The summed E-state index contributed by atoms with van der Waals surface area (Å²) in [4.78, 5) is 12.2. The Bertz CT molecular complexity index is 710. The van der Waals surface area contributed by atoms with E-state index < -0.39 is 0 Å². The van der Waals surface area contributed by atoms with E-state index in [1.165, 1.54) is 0 Å². The molecule has 0 saturated heterocycles. The second kappa shape index (κ2) is 9.70. The summed E-state index contributed by atoms with van der Waals surface area (Å²) in [6.45, 7) is 6.47. The minimum Gasteiger partial charge on any atom is -0.493 e. The first kappa shape index (κ1) is 19.6. The third kappa shape index (κ3) is 5.99. The Kier molecular flexibility index (Phi) is 7.33. The third-order valence-electron chi connectivity index (χ3n) is 3.68. The van der Waals surface area contributed by atoms with Crippen molar-refractivity contribution in [3.05, 3.63) is 48.0 Å². The Morgan fingerprint density at radius 2 is 1.81 bits per heavy atom. The molecule has 0 heterocycles. The highest BCUT2D eigenvalue weighted by atomic mass is 16.5. The van der Waals surface area contributed by atoms with Gasteiger partial charge in [-0.3, -0.25) is 4.79 Å². The fourth-order valence-electron chi connectivity index (χ4n) is 2.51. The van der Waals surface area contributed by atoms with Gasteiger partial charge in [0, 0.05) is 12.1 Å². The molecule has 26 heavy (non-hydrogen) atoms. The molecule has 2 aromatic rings. The first-order valence-corrected chi connectivity index (χ1v) is 8.88. The standard InChI is InChI=1S/C21H27NO4/c1-5-25-19-12-6-16(14-20(19)24-4)7-13-21(23)22-17-8-10-18(11-9-17)26-15(2)3/h6,8-12,14-15H,5,7,13H2,1-4H3,(H,22,23). The van der Waals surface area contributed by atoms with Crippen LogP contribution in [0.3, 0.4) is 0 Å². The van der Waals surface area contributed by atoms with Crippen molar-refractivity contribution in [2.45, 2.75) is 39.7 Å². The molecule has 0 aliphatic rings. The summed E-state index contributed by atoms with van der Waals surface area (Å²) in [7, 11) is 1.61. The van der Waals surface area contributed by atoms with Crippen molar-refractivity contribution in [2.75, 3.05) is 19.0 Å². The molecule has 5 nitrogen and oxygen atoms in total. The highest BCUT2D eigenvalue weighted by molar-refractivity contribution is 5.90. The van der Waals surface area contributed by atoms with Crippen molar-refractivity contribution in [1.29, 1.82) is 0 Å². The molecule has 140 valence electrons. The largest absolute Gasteiger partial charge is 0.493 e. The molecule has 0 unspecified atom stereocenters. The van der Waals surface area contributed by atoms with Gasteiger partial charge in [-0.25, -0.2) is 0 Å². The molecule has 2 rings (SSSR count). The van der Waals surface area contributed by atoms with Gasteiger partial charge in [0.2, 0.25) is 5.91 Å². The first-order valence-electron chi connectivity index (χ1n) is 8.88. The summed E-state index contributed by atoms with van der Waals surface area (Å²) in [5, 5.41) is 2.90. The van der Waals surface area contributed by atoms with E-state index in [4.69, 9.17) is 14.2 Å². The number of amides is 1. The summed E-state index contributed by atoms with van der Waals surface area (Å²) in [5.41, 5.74) is 1.79. The van der Waals surface area contributed by atoms with Gasteiger partial charge >= 0.3 is 0 Å². The van der Waals surface area contributed by atoms with Gasteiger partial charge in [0.05, 0.1) is 19.8 Å². The Hall–Kier alpha value is -2.69. The van der Waals surface area contributed by atoms with Crippen molar-refractivity contribution in [1.82, 2.24) is 0 Å².